The lowest BCUT2D eigenvalue weighted by Crippen LogP contribution is -2.45. The molecule has 27 heavy (non-hydrogen) atoms. The van der Waals surface area contributed by atoms with Gasteiger partial charge in [-0.1, -0.05) is 13.8 Å². The minimum absolute atomic E-state index is 0.161. The molecule has 1 aromatic rings. The summed E-state index contributed by atoms with van der Waals surface area (Å²) < 4.78 is 27.2. The van der Waals surface area contributed by atoms with Crippen LogP contribution in [0.1, 0.15) is 51.2 Å². The number of Topliss-reactive ketones (excluding diaryl/α,β-unsaturated/α-hetero) is 1. The molecule has 8 nitrogen and oxygen atoms in total. The monoisotopic (exact) mass is 420 g/mol. The van der Waals surface area contributed by atoms with Gasteiger partial charge in [-0.05, 0) is 20.8 Å². The molecule has 1 atom stereocenters. The fourth-order valence-electron chi connectivity index (χ4n) is 2.09. The first kappa shape index (κ1) is 23.8. The number of thiazole rings is 1. The van der Waals surface area contributed by atoms with Gasteiger partial charge in [-0.3, -0.25) is 9.36 Å². The van der Waals surface area contributed by atoms with Crippen LogP contribution in [-0.2, 0) is 29.6 Å². The van der Waals surface area contributed by atoms with Gasteiger partial charge in [0, 0.05) is 31.9 Å². The highest BCUT2D eigenvalue weighted by atomic mass is 32.1. The normalized spacial score (nSPS) is 13.5. The second kappa shape index (κ2) is 9.78. The van der Waals surface area contributed by atoms with Gasteiger partial charge in [-0.25, -0.2) is 9.78 Å². The maximum absolute atomic E-state index is 12.7. The van der Waals surface area contributed by atoms with E-state index in [1.165, 1.54) is 25.6 Å². The molecule has 0 aromatic carbocycles. The Balaban J connectivity index is 2.98. The lowest BCUT2D eigenvalue weighted by molar-refractivity contribution is -0.119. The van der Waals surface area contributed by atoms with Crippen LogP contribution in [0.2, 0.25) is 0 Å². The second-order valence-corrected chi connectivity index (χ2v) is 10.5. The number of ether oxygens (including phenoxy) is 1. The Morgan fingerprint density at radius 3 is 2.30 bits per heavy atom. The van der Waals surface area contributed by atoms with Crippen molar-refractivity contribution in [2.75, 3.05) is 20.4 Å². The summed E-state index contributed by atoms with van der Waals surface area (Å²) in [6, 6.07) is -0.958. The lowest BCUT2D eigenvalue weighted by Gasteiger charge is -2.23. The number of ketones is 1. The molecule has 0 aliphatic heterocycles. The van der Waals surface area contributed by atoms with Crippen LogP contribution in [0.4, 0.5) is 4.79 Å². The largest absolute Gasteiger partial charge is 0.444 e. The standard InChI is InChI=1S/C17H29N2O6PS/c1-11(2)15-18-12(10-27-15)8-13(19-16(21)25-17(3,4)5)14(20)9-26(22,23-6)24-7/h10-11,13H,8-9H2,1-7H3,(H,19,21). The Kier molecular flexibility index (Phi) is 8.60. The van der Waals surface area contributed by atoms with E-state index in [1.807, 2.05) is 19.2 Å². The lowest BCUT2D eigenvalue weighted by atomic mass is 10.1. The van der Waals surface area contributed by atoms with Crippen LogP contribution in [-0.4, -0.2) is 48.9 Å². The van der Waals surface area contributed by atoms with Crippen LogP contribution in [0.5, 0.6) is 0 Å². The van der Waals surface area contributed by atoms with Gasteiger partial charge < -0.3 is 19.1 Å². The number of carbonyl (C=O) groups excluding carboxylic acids is 2. The fraction of sp³-hybridized carbons (Fsp3) is 0.706. The molecule has 1 heterocycles. The molecule has 0 aliphatic rings. The number of nitrogens with one attached hydrogen (secondary N) is 1. The molecule has 1 rings (SSSR count). The number of nitrogens with zero attached hydrogens (tertiary/aromatic N) is 1. The van der Waals surface area contributed by atoms with Crippen molar-refractivity contribution in [1.29, 1.82) is 0 Å². The van der Waals surface area contributed by atoms with Crippen molar-refractivity contribution in [3.63, 3.8) is 0 Å². The predicted octanol–water partition coefficient (Wildman–Crippen LogP) is 3.76. The van der Waals surface area contributed by atoms with Crippen LogP contribution >= 0.6 is 18.9 Å². The highest BCUT2D eigenvalue weighted by Gasteiger charge is 2.32. The van der Waals surface area contributed by atoms with E-state index in [1.54, 1.807) is 20.8 Å². The average Bonchev–Trinajstić information content (AvgIpc) is 3.01. The third-order valence-corrected chi connectivity index (χ3v) is 6.47. The van der Waals surface area contributed by atoms with Crippen molar-refractivity contribution in [2.24, 2.45) is 0 Å². The Hall–Kier alpha value is -1.28. The highest BCUT2D eigenvalue weighted by molar-refractivity contribution is 7.54. The summed E-state index contributed by atoms with van der Waals surface area (Å²) in [5.74, 6) is -0.217. The molecule has 1 N–H and O–H groups in total. The van der Waals surface area contributed by atoms with Crippen molar-refractivity contribution in [3.05, 3.63) is 16.1 Å². The topological polar surface area (TPSA) is 104 Å². The summed E-state index contributed by atoms with van der Waals surface area (Å²) in [6.45, 7) is 9.23. The number of hydrogen-bond donors (Lipinski definition) is 1. The predicted molar refractivity (Wildman–Crippen MR) is 105 cm³/mol. The van der Waals surface area contributed by atoms with E-state index in [-0.39, 0.29) is 12.3 Å². The van der Waals surface area contributed by atoms with E-state index in [2.05, 4.69) is 10.3 Å². The van der Waals surface area contributed by atoms with Crippen LogP contribution in [0.15, 0.2) is 5.38 Å². The third-order valence-electron chi connectivity index (χ3n) is 3.46. The van der Waals surface area contributed by atoms with E-state index >= 15 is 0 Å². The van der Waals surface area contributed by atoms with E-state index in [4.69, 9.17) is 13.8 Å². The second-order valence-electron chi connectivity index (χ2n) is 7.34. The minimum Gasteiger partial charge on any atom is -0.444 e. The van der Waals surface area contributed by atoms with Crippen molar-refractivity contribution in [3.8, 4) is 0 Å². The zero-order chi connectivity index (χ0) is 20.8. The molecule has 1 amide bonds. The zero-order valence-electron chi connectivity index (χ0n) is 16.9. The number of amides is 1. The minimum atomic E-state index is -3.55. The number of aromatic nitrogens is 1. The number of rotatable bonds is 9. The summed E-state index contributed by atoms with van der Waals surface area (Å²) in [5.41, 5.74) is -0.0416. The van der Waals surface area contributed by atoms with Gasteiger partial charge in [0.2, 0.25) is 0 Å². The molecule has 1 aromatic heterocycles. The summed E-state index contributed by atoms with van der Waals surface area (Å²) in [7, 11) is -1.13. The maximum Gasteiger partial charge on any atom is 0.408 e. The van der Waals surface area contributed by atoms with Crippen molar-refractivity contribution >= 4 is 30.8 Å². The first-order valence-electron chi connectivity index (χ1n) is 8.56. The molecule has 0 saturated heterocycles. The highest BCUT2D eigenvalue weighted by Crippen LogP contribution is 2.46. The van der Waals surface area contributed by atoms with Gasteiger partial charge >= 0.3 is 13.7 Å². The molecule has 0 radical (unpaired) electrons. The van der Waals surface area contributed by atoms with Gasteiger partial charge in [0.1, 0.15) is 11.8 Å². The van der Waals surface area contributed by atoms with Crippen molar-refractivity contribution in [2.45, 2.75) is 58.6 Å². The van der Waals surface area contributed by atoms with Crippen molar-refractivity contribution in [1.82, 2.24) is 10.3 Å². The molecule has 0 spiro atoms. The summed E-state index contributed by atoms with van der Waals surface area (Å²) in [5, 5.41) is 5.34. The molecular formula is C17H29N2O6PS. The van der Waals surface area contributed by atoms with E-state index in [0.717, 1.165) is 5.01 Å². The molecule has 10 heteroatoms. The third kappa shape index (κ3) is 8.09. The Labute approximate surface area is 164 Å². The summed E-state index contributed by atoms with van der Waals surface area (Å²) >= 11 is 1.49. The van der Waals surface area contributed by atoms with E-state index in [0.29, 0.717) is 5.69 Å². The van der Waals surface area contributed by atoms with Crippen LogP contribution in [0.3, 0.4) is 0 Å². The molecule has 0 bridgehead atoms. The first-order valence-corrected chi connectivity index (χ1v) is 11.2. The van der Waals surface area contributed by atoms with E-state index in [9.17, 15) is 14.2 Å². The zero-order valence-corrected chi connectivity index (χ0v) is 18.6. The van der Waals surface area contributed by atoms with Gasteiger partial charge in [0.05, 0.1) is 16.7 Å². The van der Waals surface area contributed by atoms with Crippen LogP contribution in [0.25, 0.3) is 0 Å². The van der Waals surface area contributed by atoms with Crippen LogP contribution in [0, 0.1) is 0 Å². The molecule has 0 aliphatic carbocycles. The molecular weight excluding hydrogens is 391 g/mol. The Morgan fingerprint density at radius 1 is 1.26 bits per heavy atom. The Bertz CT molecular complexity index is 690. The molecule has 0 fully saturated rings. The number of alkyl carbamates (subject to hydrolysis) is 1. The summed E-state index contributed by atoms with van der Waals surface area (Å²) in [6.07, 6.45) is -1.03. The summed E-state index contributed by atoms with van der Waals surface area (Å²) in [4.78, 5) is 29.3. The van der Waals surface area contributed by atoms with Crippen LogP contribution < -0.4 is 5.32 Å². The van der Waals surface area contributed by atoms with Gasteiger partial charge in [-0.15, -0.1) is 11.3 Å². The van der Waals surface area contributed by atoms with Crippen molar-refractivity contribution < 1.29 is 27.9 Å². The SMILES string of the molecule is COP(=O)(CC(=O)C(Cc1csc(C(C)C)n1)NC(=O)OC(C)(C)C)OC. The Morgan fingerprint density at radius 2 is 1.85 bits per heavy atom. The first-order chi connectivity index (χ1) is 12.4. The van der Waals surface area contributed by atoms with Gasteiger partial charge in [0.25, 0.3) is 0 Å². The smallest absolute Gasteiger partial charge is 0.408 e. The quantitative estimate of drug-likeness (QED) is 0.607. The van der Waals surface area contributed by atoms with Gasteiger partial charge in [-0.2, -0.15) is 0 Å². The number of carbonyl (C=O) groups is 2. The molecule has 0 saturated carbocycles. The molecule has 154 valence electrons. The number of hydrogen-bond acceptors (Lipinski definition) is 8. The average molecular weight is 420 g/mol. The fourth-order valence-corrected chi connectivity index (χ4v) is 3.95. The maximum atomic E-state index is 12.7. The molecule has 1 unspecified atom stereocenters. The van der Waals surface area contributed by atoms with Gasteiger partial charge in [0.15, 0.2) is 5.78 Å². The van der Waals surface area contributed by atoms with E-state index < -0.39 is 37.3 Å².